The van der Waals surface area contributed by atoms with E-state index in [4.69, 9.17) is 5.73 Å². The third-order valence-corrected chi connectivity index (χ3v) is 3.65. The second kappa shape index (κ2) is 7.08. The molecule has 0 aliphatic rings. The Bertz CT molecular complexity index is 531. The van der Waals surface area contributed by atoms with E-state index in [1.54, 1.807) is 17.1 Å². The summed E-state index contributed by atoms with van der Waals surface area (Å²) in [6.45, 7) is 2.24. The molecule has 0 fully saturated rings. The highest BCUT2D eigenvalue weighted by atomic mass is 15.3. The molecule has 0 aliphatic heterocycles. The molecule has 20 heavy (non-hydrogen) atoms. The Balaban J connectivity index is 2.11. The van der Waals surface area contributed by atoms with Crippen molar-refractivity contribution in [2.24, 2.45) is 7.05 Å². The Hall–Kier alpha value is -1.84. The Morgan fingerprint density at radius 3 is 2.50 bits per heavy atom. The third-order valence-electron chi connectivity index (χ3n) is 3.65. The van der Waals surface area contributed by atoms with Crippen molar-refractivity contribution in [2.75, 3.05) is 5.73 Å². The molecule has 0 aliphatic carbocycles. The van der Waals surface area contributed by atoms with Gasteiger partial charge in [-0.05, 0) is 30.5 Å². The van der Waals surface area contributed by atoms with E-state index in [0.29, 0.717) is 0 Å². The predicted octanol–water partition coefficient (Wildman–Crippen LogP) is 3.58. The molecule has 2 rings (SSSR count). The van der Waals surface area contributed by atoms with E-state index >= 15 is 0 Å². The summed E-state index contributed by atoms with van der Waals surface area (Å²) in [5.41, 5.74) is 9.45. The molecule has 4 heteroatoms. The van der Waals surface area contributed by atoms with Gasteiger partial charge in [-0.1, -0.05) is 32.6 Å². The van der Waals surface area contributed by atoms with Crippen LogP contribution in [0.25, 0.3) is 11.1 Å². The second-order valence-corrected chi connectivity index (χ2v) is 5.23. The maximum atomic E-state index is 6.17. The fourth-order valence-corrected chi connectivity index (χ4v) is 2.50. The molecule has 0 bridgehead atoms. The molecule has 0 saturated heterocycles. The van der Waals surface area contributed by atoms with Crippen molar-refractivity contribution in [3.8, 4) is 11.1 Å². The van der Waals surface area contributed by atoms with Gasteiger partial charge in [0.05, 0.1) is 5.69 Å². The standard InChI is InChI=1S/C16H24N4/c1-3-4-5-6-7-8-14-15(16(17)20(2)19-14)13-9-11-18-12-10-13/h9-12H,3-8,17H2,1-2H3. The zero-order valence-corrected chi connectivity index (χ0v) is 12.5. The highest BCUT2D eigenvalue weighted by Gasteiger charge is 2.15. The van der Waals surface area contributed by atoms with E-state index in [1.807, 2.05) is 19.2 Å². The summed E-state index contributed by atoms with van der Waals surface area (Å²) in [6.07, 6.45) is 10.9. The monoisotopic (exact) mass is 272 g/mol. The number of pyridine rings is 1. The minimum absolute atomic E-state index is 0.736. The molecule has 0 saturated carbocycles. The van der Waals surface area contributed by atoms with Crippen molar-refractivity contribution in [3.63, 3.8) is 0 Å². The molecule has 2 aromatic rings. The fourth-order valence-electron chi connectivity index (χ4n) is 2.50. The van der Waals surface area contributed by atoms with Crippen molar-refractivity contribution in [1.29, 1.82) is 0 Å². The first-order chi connectivity index (χ1) is 9.74. The number of nitrogens with two attached hydrogens (primary N) is 1. The Morgan fingerprint density at radius 1 is 1.10 bits per heavy atom. The van der Waals surface area contributed by atoms with Crippen LogP contribution in [0.5, 0.6) is 0 Å². The molecule has 108 valence electrons. The molecule has 2 aromatic heterocycles. The van der Waals surface area contributed by atoms with E-state index in [2.05, 4.69) is 17.0 Å². The van der Waals surface area contributed by atoms with Crippen LogP contribution in [0.1, 0.15) is 44.7 Å². The van der Waals surface area contributed by atoms with Crippen molar-refractivity contribution >= 4 is 5.82 Å². The van der Waals surface area contributed by atoms with Crippen LogP contribution >= 0.6 is 0 Å². The molecule has 0 unspecified atom stereocenters. The van der Waals surface area contributed by atoms with Gasteiger partial charge in [-0.3, -0.25) is 9.67 Å². The highest BCUT2D eigenvalue weighted by Crippen LogP contribution is 2.29. The third kappa shape index (κ3) is 3.38. The SMILES string of the molecule is CCCCCCCc1nn(C)c(N)c1-c1ccncc1. The molecule has 0 spiro atoms. The second-order valence-electron chi connectivity index (χ2n) is 5.23. The van der Waals surface area contributed by atoms with Crippen LogP contribution in [0.15, 0.2) is 24.5 Å². The zero-order valence-electron chi connectivity index (χ0n) is 12.5. The predicted molar refractivity (Wildman–Crippen MR) is 83.3 cm³/mol. The minimum atomic E-state index is 0.736. The zero-order chi connectivity index (χ0) is 14.4. The number of aryl methyl sites for hydroxylation is 2. The number of nitrogens with zero attached hydrogens (tertiary/aromatic N) is 3. The van der Waals surface area contributed by atoms with Crippen LogP contribution in [-0.2, 0) is 13.5 Å². The van der Waals surface area contributed by atoms with E-state index in [1.165, 1.54) is 32.1 Å². The van der Waals surface area contributed by atoms with Gasteiger partial charge in [-0.15, -0.1) is 0 Å². The van der Waals surface area contributed by atoms with Crippen LogP contribution in [0.3, 0.4) is 0 Å². The van der Waals surface area contributed by atoms with Crippen molar-refractivity contribution in [2.45, 2.75) is 45.4 Å². The Labute approximate surface area is 121 Å². The largest absolute Gasteiger partial charge is 0.383 e. The van der Waals surface area contributed by atoms with Crippen LogP contribution in [0.2, 0.25) is 0 Å². The number of anilines is 1. The number of aromatic nitrogens is 3. The number of rotatable bonds is 7. The summed E-state index contributed by atoms with van der Waals surface area (Å²) in [6, 6.07) is 3.99. The molecule has 0 radical (unpaired) electrons. The number of nitrogen functional groups attached to an aromatic ring is 1. The quantitative estimate of drug-likeness (QED) is 0.784. The molecule has 0 amide bonds. The lowest BCUT2D eigenvalue weighted by molar-refractivity contribution is 0.623. The number of hydrogen-bond donors (Lipinski definition) is 1. The van der Waals surface area contributed by atoms with Gasteiger partial charge in [0, 0.05) is 25.0 Å². The topological polar surface area (TPSA) is 56.7 Å². The lowest BCUT2D eigenvalue weighted by Gasteiger charge is -2.04. The molecule has 0 aromatic carbocycles. The normalized spacial score (nSPS) is 10.9. The van der Waals surface area contributed by atoms with Gasteiger partial charge >= 0.3 is 0 Å². The number of hydrogen-bond acceptors (Lipinski definition) is 3. The van der Waals surface area contributed by atoms with Crippen molar-refractivity contribution < 1.29 is 0 Å². The van der Waals surface area contributed by atoms with Crippen molar-refractivity contribution in [1.82, 2.24) is 14.8 Å². The van der Waals surface area contributed by atoms with Crippen LogP contribution < -0.4 is 5.73 Å². The van der Waals surface area contributed by atoms with E-state index < -0.39 is 0 Å². The number of unbranched alkanes of at least 4 members (excludes halogenated alkanes) is 4. The highest BCUT2D eigenvalue weighted by molar-refractivity contribution is 5.76. The van der Waals surface area contributed by atoms with Crippen LogP contribution in [0, 0.1) is 0 Å². The molecular formula is C16H24N4. The van der Waals surface area contributed by atoms with Gasteiger partial charge in [0.25, 0.3) is 0 Å². The summed E-state index contributed by atoms with van der Waals surface area (Å²) in [5.74, 6) is 0.736. The first-order valence-electron chi connectivity index (χ1n) is 7.45. The van der Waals surface area contributed by atoms with E-state index in [0.717, 1.165) is 29.1 Å². The Morgan fingerprint density at radius 2 is 1.80 bits per heavy atom. The first kappa shape index (κ1) is 14.6. The van der Waals surface area contributed by atoms with Gasteiger partial charge in [-0.25, -0.2) is 0 Å². The summed E-state index contributed by atoms with van der Waals surface area (Å²) < 4.78 is 1.77. The maximum Gasteiger partial charge on any atom is 0.129 e. The minimum Gasteiger partial charge on any atom is -0.383 e. The van der Waals surface area contributed by atoms with Crippen LogP contribution in [-0.4, -0.2) is 14.8 Å². The smallest absolute Gasteiger partial charge is 0.129 e. The van der Waals surface area contributed by atoms with Gasteiger partial charge in [0.15, 0.2) is 0 Å². The summed E-state index contributed by atoms with van der Waals surface area (Å²) in [4.78, 5) is 4.06. The van der Waals surface area contributed by atoms with Gasteiger partial charge in [0.1, 0.15) is 5.82 Å². The Kier molecular flexibility index (Phi) is 5.16. The maximum absolute atomic E-state index is 6.17. The average Bonchev–Trinajstić information content (AvgIpc) is 2.75. The van der Waals surface area contributed by atoms with Crippen molar-refractivity contribution in [3.05, 3.63) is 30.2 Å². The molecule has 2 N–H and O–H groups in total. The van der Waals surface area contributed by atoms with E-state index in [-0.39, 0.29) is 0 Å². The molecular weight excluding hydrogens is 248 g/mol. The van der Waals surface area contributed by atoms with Gasteiger partial charge in [0.2, 0.25) is 0 Å². The fraction of sp³-hybridized carbons (Fsp3) is 0.500. The summed E-state index contributed by atoms with van der Waals surface area (Å²) >= 11 is 0. The molecule has 4 nitrogen and oxygen atoms in total. The lowest BCUT2D eigenvalue weighted by Crippen LogP contribution is -1.98. The lowest BCUT2D eigenvalue weighted by atomic mass is 10.0. The summed E-state index contributed by atoms with van der Waals surface area (Å²) in [7, 11) is 1.90. The summed E-state index contributed by atoms with van der Waals surface area (Å²) in [5, 5.41) is 4.58. The van der Waals surface area contributed by atoms with Gasteiger partial charge in [-0.2, -0.15) is 5.10 Å². The first-order valence-corrected chi connectivity index (χ1v) is 7.45. The molecule has 0 atom stereocenters. The molecule has 2 heterocycles. The van der Waals surface area contributed by atoms with E-state index in [9.17, 15) is 0 Å². The van der Waals surface area contributed by atoms with Crippen LogP contribution in [0.4, 0.5) is 5.82 Å². The van der Waals surface area contributed by atoms with Gasteiger partial charge < -0.3 is 5.73 Å². The average molecular weight is 272 g/mol.